The van der Waals surface area contributed by atoms with Crippen LogP contribution in [-0.4, -0.2) is 26.0 Å². The van der Waals surface area contributed by atoms with Crippen LogP contribution in [0.3, 0.4) is 0 Å². The van der Waals surface area contributed by atoms with Crippen molar-refractivity contribution >= 4 is 16.9 Å². The third-order valence-electron chi connectivity index (χ3n) is 2.01. The van der Waals surface area contributed by atoms with Crippen molar-refractivity contribution in [3.8, 4) is 0 Å². The van der Waals surface area contributed by atoms with E-state index in [0.717, 1.165) is 11.0 Å². The number of hydrogen-bond donors (Lipinski definition) is 2. The quantitative estimate of drug-likeness (QED) is 0.289. The van der Waals surface area contributed by atoms with E-state index in [9.17, 15) is 0 Å². The van der Waals surface area contributed by atoms with Gasteiger partial charge in [0, 0.05) is 12.6 Å². The SMILES string of the molecule is Cn1nnc2cccc(/C(N)=N\O)c21. The van der Waals surface area contributed by atoms with Gasteiger partial charge in [0.1, 0.15) is 5.52 Å². The maximum Gasteiger partial charge on any atom is 0.172 e. The number of oxime groups is 1. The van der Waals surface area contributed by atoms with Crippen LogP contribution in [0.25, 0.3) is 11.0 Å². The summed E-state index contributed by atoms with van der Waals surface area (Å²) in [5.41, 5.74) is 7.61. The van der Waals surface area contributed by atoms with Crippen LogP contribution in [0.2, 0.25) is 0 Å². The number of amidine groups is 1. The molecule has 6 heteroatoms. The Labute approximate surface area is 79.6 Å². The van der Waals surface area contributed by atoms with Crippen LogP contribution < -0.4 is 5.73 Å². The van der Waals surface area contributed by atoms with Crippen molar-refractivity contribution in [1.29, 1.82) is 0 Å². The Hall–Kier alpha value is -2.11. The molecule has 0 bridgehead atoms. The summed E-state index contributed by atoms with van der Waals surface area (Å²) >= 11 is 0. The van der Waals surface area contributed by atoms with Crippen molar-refractivity contribution in [3.05, 3.63) is 23.8 Å². The summed E-state index contributed by atoms with van der Waals surface area (Å²) in [6.45, 7) is 0. The Morgan fingerprint density at radius 1 is 1.57 bits per heavy atom. The molecule has 3 N–H and O–H groups in total. The number of para-hydroxylation sites is 1. The molecule has 0 aliphatic rings. The van der Waals surface area contributed by atoms with E-state index in [-0.39, 0.29) is 5.84 Å². The van der Waals surface area contributed by atoms with Gasteiger partial charge in [-0.05, 0) is 12.1 Å². The zero-order valence-electron chi connectivity index (χ0n) is 7.55. The van der Waals surface area contributed by atoms with Gasteiger partial charge in [0.05, 0.1) is 5.52 Å². The Balaban J connectivity index is 2.82. The molecular weight excluding hydrogens is 182 g/mol. The summed E-state index contributed by atoms with van der Waals surface area (Å²) in [7, 11) is 1.75. The maximum atomic E-state index is 8.59. The van der Waals surface area contributed by atoms with Crippen LogP contribution in [-0.2, 0) is 7.05 Å². The van der Waals surface area contributed by atoms with Crippen LogP contribution in [0.4, 0.5) is 0 Å². The minimum absolute atomic E-state index is 0.0565. The van der Waals surface area contributed by atoms with Crippen molar-refractivity contribution in [1.82, 2.24) is 15.0 Å². The first-order chi connectivity index (χ1) is 6.74. The molecule has 0 atom stereocenters. The highest BCUT2D eigenvalue weighted by Gasteiger charge is 2.09. The normalized spacial score (nSPS) is 12.2. The minimum Gasteiger partial charge on any atom is -0.409 e. The average molecular weight is 191 g/mol. The lowest BCUT2D eigenvalue weighted by Crippen LogP contribution is -2.14. The van der Waals surface area contributed by atoms with E-state index in [4.69, 9.17) is 10.9 Å². The van der Waals surface area contributed by atoms with Gasteiger partial charge in [-0.15, -0.1) is 5.10 Å². The van der Waals surface area contributed by atoms with Gasteiger partial charge in [-0.1, -0.05) is 16.4 Å². The number of hydrogen-bond acceptors (Lipinski definition) is 4. The maximum absolute atomic E-state index is 8.59. The third-order valence-corrected chi connectivity index (χ3v) is 2.01. The summed E-state index contributed by atoms with van der Waals surface area (Å²) < 4.78 is 1.59. The van der Waals surface area contributed by atoms with Gasteiger partial charge >= 0.3 is 0 Å². The van der Waals surface area contributed by atoms with Crippen molar-refractivity contribution in [3.63, 3.8) is 0 Å². The van der Waals surface area contributed by atoms with Gasteiger partial charge in [0.25, 0.3) is 0 Å². The number of aromatic nitrogens is 3. The van der Waals surface area contributed by atoms with E-state index in [2.05, 4.69) is 15.5 Å². The lowest BCUT2D eigenvalue weighted by atomic mass is 10.1. The van der Waals surface area contributed by atoms with Gasteiger partial charge in [-0.2, -0.15) is 0 Å². The third kappa shape index (κ3) is 1.08. The molecule has 14 heavy (non-hydrogen) atoms. The highest BCUT2D eigenvalue weighted by atomic mass is 16.4. The topological polar surface area (TPSA) is 89.3 Å². The van der Waals surface area contributed by atoms with Crippen molar-refractivity contribution in [2.45, 2.75) is 0 Å². The fraction of sp³-hybridized carbons (Fsp3) is 0.125. The number of fused-ring (bicyclic) bond motifs is 1. The lowest BCUT2D eigenvalue weighted by Gasteiger charge is -2.00. The van der Waals surface area contributed by atoms with E-state index < -0.39 is 0 Å². The smallest absolute Gasteiger partial charge is 0.172 e. The molecule has 1 aromatic carbocycles. The van der Waals surface area contributed by atoms with E-state index >= 15 is 0 Å². The molecule has 2 aromatic rings. The van der Waals surface area contributed by atoms with Crippen molar-refractivity contribution in [2.75, 3.05) is 0 Å². The molecule has 0 unspecified atom stereocenters. The van der Waals surface area contributed by atoms with Crippen LogP contribution in [0.15, 0.2) is 23.4 Å². The molecule has 0 amide bonds. The second-order valence-electron chi connectivity index (χ2n) is 2.87. The van der Waals surface area contributed by atoms with Gasteiger partial charge in [0.2, 0.25) is 0 Å². The van der Waals surface area contributed by atoms with Crippen LogP contribution in [0, 0.1) is 0 Å². The molecule has 0 fully saturated rings. The summed E-state index contributed by atoms with van der Waals surface area (Å²) in [4.78, 5) is 0. The number of nitrogens with zero attached hydrogens (tertiary/aromatic N) is 4. The van der Waals surface area contributed by atoms with Gasteiger partial charge in [-0.25, -0.2) is 4.68 Å². The van der Waals surface area contributed by atoms with Gasteiger partial charge in [-0.3, -0.25) is 0 Å². The van der Waals surface area contributed by atoms with E-state index in [1.807, 2.05) is 6.07 Å². The van der Waals surface area contributed by atoms with Crippen LogP contribution in [0.1, 0.15) is 5.56 Å². The second kappa shape index (κ2) is 2.99. The van der Waals surface area contributed by atoms with E-state index in [1.165, 1.54) is 0 Å². The fourth-order valence-electron chi connectivity index (χ4n) is 1.37. The number of rotatable bonds is 1. The fourth-order valence-corrected chi connectivity index (χ4v) is 1.37. The van der Waals surface area contributed by atoms with E-state index in [1.54, 1.807) is 23.9 Å². The van der Waals surface area contributed by atoms with Crippen LogP contribution in [0.5, 0.6) is 0 Å². The first kappa shape index (κ1) is 8.49. The first-order valence-corrected chi connectivity index (χ1v) is 4.00. The predicted octanol–water partition coefficient (Wildman–Crippen LogP) is 0.0628. The zero-order valence-corrected chi connectivity index (χ0v) is 7.55. The molecule has 0 radical (unpaired) electrons. The Bertz CT molecular complexity index is 501. The second-order valence-corrected chi connectivity index (χ2v) is 2.87. The molecule has 1 aromatic heterocycles. The predicted molar refractivity (Wildman–Crippen MR) is 51.0 cm³/mol. The minimum atomic E-state index is 0.0565. The molecule has 0 aliphatic heterocycles. The zero-order chi connectivity index (χ0) is 10.1. The summed E-state index contributed by atoms with van der Waals surface area (Å²) in [5.74, 6) is 0.0565. The van der Waals surface area contributed by atoms with Gasteiger partial charge in [0.15, 0.2) is 5.84 Å². The lowest BCUT2D eigenvalue weighted by molar-refractivity contribution is 0.318. The monoisotopic (exact) mass is 191 g/mol. The van der Waals surface area contributed by atoms with Crippen LogP contribution >= 0.6 is 0 Å². The van der Waals surface area contributed by atoms with Crippen molar-refractivity contribution < 1.29 is 5.21 Å². The molecule has 2 rings (SSSR count). The molecule has 0 aliphatic carbocycles. The molecule has 6 nitrogen and oxygen atoms in total. The molecule has 0 spiro atoms. The van der Waals surface area contributed by atoms with Crippen molar-refractivity contribution in [2.24, 2.45) is 17.9 Å². The summed E-state index contributed by atoms with van der Waals surface area (Å²) in [6, 6.07) is 5.35. The standard InChI is InChI=1S/C8H9N5O/c1-13-7-5(8(9)11-14)3-2-4-6(7)10-12-13/h2-4,14H,1H3,(H2,9,11). The summed E-state index contributed by atoms with van der Waals surface area (Å²) in [6.07, 6.45) is 0. The molecular formula is C8H9N5O. The number of benzene rings is 1. The molecule has 1 heterocycles. The number of aryl methyl sites for hydroxylation is 1. The highest BCUT2D eigenvalue weighted by molar-refractivity contribution is 6.06. The molecule has 72 valence electrons. The molecule has 0 saturated heterocycles. The number of nitrogens with two attached hydrogens (primary N) is 1. The Morgan fingerprint density at radius 3 is 3.07 bits per heavy atom. The molecule has 0 saturated carbocycles. The Morgan fingerprint density at radius 2 is 2.36 bits per heavy atom. The average Bonchev–Trinajstić information content (AvgIpc) is 2.59. The summed E-state index contributed by atoms with van der Waals surface area (Å²) in [5, 5.41) is 19.3. The first-order valence-electron chi connectivity index (χ1n) is 4.00. The Kier molecular flexibility index (Phi) is 1.81. The van der Waals surface area contributed by atoms with Gasteiger partial charge < -0.3 is 10.9 Å². The van der Waals surface area contributed by atoms with E-state index in [0.29, 0.717) is 5.56 Å². The highest BCUT2D eigenvalue weighted by Crippen LogP contribution is 2.14. The largest absolute Gasteiger partial charge is 0.409 e.